The molecule has 1 aliphatic rings. The van der Waals surface area contributed by atoms with E-state index in [4.69, 9.17) is 19.3 Å². The highest BCUT2D eigenvalue weighted by Gasteiger charge is 2.19. The number of ether oxygens (including phenoxy) is 3. The first-order chi connectivity index (χ1) is 12.5. The van der Waals surface area contributed by atoms with Gasteiger partial charge in [0.2, 0.25) is 10.0 Å². The molecule has 9 heteroatoms. The molecule has 8 nitrogen and oxygen atoms in total. The molecule has 3 rings (SSSR count). The zero-order chi connectivity index (χ0) is 18.6. The first-order valence-electron chi connectivity index (χ1n) is 7.81. The summed E-state index contributed by atoms with van der Waals surface area (Å²) in [6.07, 6.45) is 0. The number of hydrogen-bond acceptors (Lipinski definition) is 6. The second-order valence-electron chi connectivity index (χ2n) is 5.38. The van der Waals surface area contributed by atoms with Gasteiger partial charge < -0.3 is 19.3 Å². The molecule has 0 radical (unpaired) electrons. The van der Waals surface area contributed by atoms with Gasteiger partial charge in [0, 0.05) is 12.6 Å². The van der Waals surface area contributed by atoms with Crippen LogP contribution in [0.2, 0.25) is 0 Å². The number of hydrogen-bond donors (Lipinski definition) is 2. The Kier molecular flexibility index (Phi) is 5.29. The maximum atomic E-state index is 12.3. The SMILES string of the molecule is O=C(O)c1ccc(OCCNS(=O)(=O)c2ccc3c(c2)OCCO3)cc1. The predicted molar refractivity (Wildman–Crippen MR) is 91.5 cm³/mol. The number of rotatable bonds is 7. The summed E-state index contributed by atoms with van der Waals surface area (Å²) in [5.74, 6) is 0.342. The number of aromatic carboxylic acids is 1. The summed E-state index contributed by atoms with van der Waals surface area (Å²) in [4.78, 5) is 10.8. The molecule has 26 heavy (non-hydrogen) atoms. The standard InChI is InChI=1S/C17H17NO7S/c19-17(20)12-1-3-13(4-2-12)23-8-7-18-26(21,22)14-5-6-15-16(11-14)25-10-9-24-15/h1-6,11,18H,7-10H2,(H,19,20). The van der Waals surface area contributed by atoms with Gasteiger partial charge in [-0.25, -0.2) is 17.9 Å². The second-order valence-corrected chi connectivity index (χ2v) is 7.15. The summed E-state index contributed by atoms with van der Waals surface area (Å²) in [6.45, 7) is 0.953. The van der Waals surface area contributed by atoms with E-state index >= 15 is 0 Å². The Bertz CT molecular complexity index is 894. The first-order valence-corrected chi connectivity index (χ1v) is 9.29. The van der Waals surface area contributed by atoms with Crippen LogP contribution in [0.5, 0.6) is 17.2 Å². The molecule has 0 unspecified atom stereocenters. The molecule has 1 aliphatic heterocycles. The number of sulfonamides is 1. The smallest absolute Gasteiger partial charge is 0.335 e. The number of benzene rings is 2. The fraction of sp³-hybridized carbons (Fsp3) is 0.235. The first kappa shape index (κ1) is 18.0. The lowest BCUT2D eigenvalue weighted by Gasteiger charge is -2.19. The molecular formula is C17H17NO7S. The fourth-order valence-corrected chi connectivity index (χ4v) is 3.34. The van der Waals surface area contributed by atoms with E-state index in [1.54, 1.807) is 6.07 Å². The predicted octanol–water partition coefficient (Wildman–Crippen LogP) is 1.51. The number of carboxylic acid groups (broad SMARTS) is 1. The van der Waals surface area contributed by atoms with Crippen LogP contribution in [0.15, 0.2) is 47.4 Å². The summed E-state index contributed by atoms with van der Waals surface area (Å²) in [5.41, 5.74) is 0.150. The third kappa shape index (κ3) is 4.24. The Morgan fingerprint density at radius 3 is 2.46 bits per heavy atom. The molecule has 0 saturated carbocycles. The Balaban J connectivity index is 1.54. The zero-order valence-corrected chi connectivity index (χ0v) is 14.5. The van der Waals surface area contributed by atoms with Crippen LogP contribution in [-0.4, -0.2) is 45.9 Å². The van der Waals surface area contributed by atoms with Crippen LogP contribution >= 0.6 is 0 Å². The van der Waals surface area contributed by atoms with Gasteiger partial charge in [-0.3, -0.25) is 0 Å². The van der Waals surface area contributed by atoms with Crippen molar-refractivity contribution in [3.05, 3.63) is 48.0 Å². The third-order valence-electron chi connectivity index (χ3n) is 3.59. The van der Waals surface area contributed by atoms with Crippen LogP contribution < -0.4 is 18.9 Å². The molecule has 1 heterocycles. The molecule has 0 aliphatic carbocycles. The van der Waals surface area contributed by atoms with Crippen molar-refractivity contribution in [2.45, 2.75) is 4.90 Å². The average Bonchev–Trinajstić information content (AvgIpc) is 2.65. The average molecular weight is 379 g/mol. The van der Waals surface area contributed by atoms with Gasteiger partial charge >= 0.3 is 5.97 Å². The monoisotopic (exact) mass is 379 g/mol. The number of carboxylic acids is 1. The van der Waals surface area contributed by atoms with Gasteiger partial charge in [-0.05, 0) is 36.4 Å². The van der Waals surface area contributed by atoms with Crippen molar-refractivity contribution in [3.8, 4) is 17.2 Å². The van der Waals surface area contributed by atoms with E-state index in [-0.39, 0.29) is 23.6 Å². The molecule has 138 valence electrons. The van der Waals surface area contributed by atoms with Crippen LogP contribution in [-0.2, 0) is 10.0 Å². The van der Waals surface area contributed by atoms with E-state index in [0.717, 1.165) is 0 Å². The van der Waals surface area contributed by atoms with Crippen molar-refractivity contribution in [2.24, 2.45) is 0 Å². The minimum absolute atomic E-state index is 0.0530. The highest BCUT2D eigenvalue weighted by atomic mass is 32.2. The van der Waals surface area contributed by atoms with E-state index in [9.17, 15) is 13.2 Å². The molecule has 0 saturated heterocycles. The van der Waals surface area contributed by atoms with Gasteiger partial charge in [-0.1, -0.05) is 0 Å². The normalized spacial score (nSPS) is 13.2. The summed E-state index contributed by atoms with van der Waals surface area (Å²) in [7, 11) is -3.71. The van der Waals surface area contributed by atoms with Gasteiger partial charge in [0.05, 0.1) is 10.5 Å². The Labute approximate surface area is 150 Å². The second kappa shape index (κ2) is 7.63. The highest BCUT2D eigenvalue weighted by molar-refractivity contribution is 7.89. The zero-order valence-electron chi connectivity index (χ0n) is 13.7. The molecule has 2 aromatic carbocycles. The minimum atomic E-state index is -3.71. The summed E-state index contributed by atoms with van der Waals surface area (Å²) in [6, 6.07) is 10.3. The maximum Gasteiger partial charge on any atom is 0.335 e. The van der Waals surface area contributed by atoms with E-state index < -0.39 is 16.0 Å². The van der Waals surface area contributed by atoms with Crippen LogP contribution in [0.3, 0.4) is 0 Å². The van der Waals surface area contributed by atoms with Crippen LogP contribution in [0, 0.1) is 0 Å². The molecule has 0 bridgehead atoms. The Morgan fingerprint density at radius 1 is 1.08 bits per heavy atom. The van der Waals surface area contributed by atoms with Gasteiger partial charge in [-0.2, -0.15) is 0 Å². The highest BCUT2D eigenvalue weighted by Crippen LogP contribution is 2.32. The quantitative estimate of drug-likeness (QED) is 0.702. The minimum Gasteiger partial charge on any atom is -0.492 e. The van der Waals surface area contributed by atoms with Crippen molar-refractivity contribution in [1.82, 2.24) is 4.72 Å². The number of nitrogens with one attached hydrogen (secondary N) is 1. The van der Waals surface area contributed by atoms with E-state index in [1.807, 2.05) is 0 Å². The summed E-state index contributed by atoms with van der Waals surface area (Å²) >= 11 is 0. The lowest BCUT2D eigenvalue weighted by molar-refractivity contribution is 0.0697. The van der Waals surface area contributed by atoms with E-state index in [1.165, 1.54) is 36.4 Å². The van der Waals surface area contributed by atoms with Crippen molar-refractivity contribution in [3.63, 3.8) is 0 Å². The van der Waals surface area contributed by atoms with Gasteiger partial charge in [0.15, 0.2) is 11.5 Å². The largest absolute Gasteiger partial charge is 0.492 e. The molecule has 0 atom stereocenters. The molecule has 0 amide bonds. The lowest BCUT2D eigenvalue weighted by atomic mass is 10.2. The number of carbonyl (C=O) groups is 1. The number of fused-ring (bicyclic) bond motifs is 1. The van der Waals surface area contributed by atoms with E-state index in [2.05, 4.69) is 4.72 Å². The van der Waals surface area contributed by atoms with Crippen molar-refractivity contribution < 1.29 is 32.5 Å². The van der Waals surface area contributed by atoms with Crippen LogP contribution in [0.1, 0.15) is 10.4 Å². The molecule has 0 aromatic heterocycles. The molecule has 0 fully saturated rings. The van der Waals surface area contributed by atoms with Crippen molar-refractivity contribution in [1.29, 1.82) is 0 Å². The van der Waals surface area contributed by atoms with Gasteiger partial charge in [-0.15, -0.1) is 0 Å². The van der Waals surface area contributed by atoms with Gasteiger partial charge in [0.25, 0.3) is 0 Å². The van der Waals surface area contributed by atoms with Crippen molar-refractivity contribution >= 4 is 16.0 Å². The van der Waals surface area contributed by atoms with Gasteiger partial charge in [0.1, 0.15) is 25.6 Å². The van der Waals surface area contributed by atoms with Crippen molar-refractivity contribution in [2.75, 3.05) is 26.4 Å². The molecule has 2 aromatic rings. The van der Waals surface area contributed by atoms with E-state index in [0.29, 0.717) is 30.5 Å². The summed E-state index contributed by atoms with van der Waals surface area (Å²) in [5, 5.41) is 8.83. The molecule has 2 N–H and O–H groups in total. The molecule has 0 spiro atoms. The lowest BCUT2D eigenvalue weighted by Crippen LogP contribution is -2.28. The Morgan fingerprint density at radius 2 is 1.77 bits per heavy atom. The third-order valence-corrected chi connectivity index (χ3v) is 5.05. The topological polar surface area (TPSA) is 111 Å². The van der Waals surface area contributed by atoms with Crippen LogP contribution in [0.4, 0.5) is 0 Å². The Hall–Kier alpha value is -2.78. The summed E-state index contributed by atoms with van der Waals surface area (Å²) < 4.78 is 43.2. The fourth-order valence-electron chi connectivity index (χ4n) is 2.31. The maximum absolute atomic E-state index is 12.3. The molecular weight excluding hydrogens is 362 g/mol. The van der Waals surface area contributed by atoms with Crippen LogP contribution in [0.25, 0.3) is 0 Å².